The molecular weight excluding hydrogens is 367 g/mol. The second-order valence-electron chi connectivity index (χ2n) is 8.02. The fourth-order valence-corrected chi connectivity index (χ4v) is 4.27. The number of piperazine rings is 1. The van der Waals surface area contributed by atoms with Gasteiger partial charge in [0.15, 0.2) is 6.04 Å². The van der Waals surface area contributed by atoms with Crippen molar-refractivity contribution in [3.63, 3.8) is 0 Å². The number of tetrazole rings is 1. The Morgan fingerprint density at radius 2 is 1.69 bits per heavy atom. The Balaban J connectivity index is 1.48. The Labute approximate surface area is 170 Å². The van der Waals surface area contributed by atoms with Crippen LogP contribution in [0.5, 0.6) is 0 Å². The van der Waals surface area contributed by atoms with Gasteiger partial charge in [0.25, 0.3) is 0 Å². The fourth-order valence-electron chi connectivity index (χ4n) is 4.27. The average Bonchev–Trinajstić information content (AvgIpc) is 3.17. The quantitative estimate of drug-likeness (QED) is 0.693. The molecule has 7 heteroatoms. The largest absolute Gasteiger partial charge is 0.360 e. The summed E-state index contributed by atoms with van der Waals surface area (Å²) in [5.41, 5.74) is 2.28. The van der Waals surface area contributed by atoms with E-state index < -0.39 is 0 Å². The van der Waals surface area contributed by atoms with Crippen molar-refractivity contribution in [2.75, 3.05) is 31.1 Å². The van der Waals surface area contributed by atoms with Crippen LogP contribution >= 0.6 is 0 Å². The number of hydrogen-bond donors (Lipinski definition) is 1. The van der Waals surface area contributed by atoms with Crippen molar-refractivity contribution in [3.05, 3.63) is 71.8 Å². The van der Waals surface area contributed by atoms with E-state index in [9.17, 15) is 4.39 Å². The molecule has 29 heavy (non-hydrogen) atoms. The third kappa shape index (κ3) is 4.45. The van der Waals surface area contributed by atoms with Gasteiger partial charge in [-0.05, 0) is 40.3 Å². The number of quaternary nitrogens is 1. The third-order valence-corrected chi connectivity index (χ3v) is 5.72. The van der Waals surface area contributed by atoms with Crippen LogP contribution in [0.25, 0.3) is 0 Å². The van der Waals surface area contributed by atoms with Crippen LogP contribution in [-0.2, 0) is 6.54 Å². The summed E-state index contributed by atoms with van der Waals surface area (Å²) in [6.07, 6.45) is 0. The Bertz CT molecular complexity index is 901. The van der Waals surface area contributed by atoms with Crippen molar-refractivity contribution >= 4 is 5.69 Å². The van der Waals surface area contributed by atoms with Gasteiger partial charge < -0.3 is 9.80 Å². The maximum atomic E-state index is 13.2. The van der Waals surface area contributed by atoms with Crippen LogP contribution in [0, 0.1) is 11.7 Å². The molecule has 1 aliphatic heterocycles. The summed E-state index contributed by atoms with van der Waals surface area (Å²) in [6, 6.07) is 17.3. The number of aromatic nitrogens is 4. The van der Waals surface area contributed by atoms with Gasteiger partial charge in [-0.1, -0.05) is 44.2 Å². The minimum Gasteiger partial charge on any atom is -0.360 e. The van der Waals surface area contributed by atoms with Crippen molar-refractivity contribution in [3.8, 4) is 0 Å². The van der Waals surface area contributed by atoms with Gasteiger partial charge in [0.05, 0.1) is 32.7 Å². The number of anilines is 1. The molecule has 2 heterocycles. The molecule has 1 aliphatic rings. The van der Waals surface area contributed by atoms with Crippen LogP contribution in [0.1, 0.15) is 31.3 Å². The SMILES string of the molecule is CC(C)[C@H](c1nnnn1Cc1ccccc1)[NH+]1CCN(c2ccc(F)cc2)CC1. The minimum atomic E-state index is -0.192. The van der Waals surface area contributed by atoms with Gasteiger partial charge in [0, 0.05) is 11.6 Å². The minimum absolute atomic E-state index is 0.192. The van der Waals surface area contributed by atoms with Gasteiger partial charge in [0.1, 0.15) is 5.82 Å². The lowest BCUT2D eigenvalue weighted by molar-refractivity contribution is -0.937. The van der Waals surface area contributed by atoms with Gasteiger partial charge in [-0.3, -0.25) is 0 Å². The number of rotatable bonds is 6. The first-order valence-corrected chi connectivity index (χ1v) is 10.3. The molecule has 1 fully saturated rings. The summed E-state index contributed by atoms with van der Waals surface area (Å²) in [4.78, 5) is 3.83. The molecule has 1 aromatic heterocycles. The van der Waals surface area contributed by atoms with E-state index in [0.29, 0.717) is 12.5 Å². The fraction of sp³-hybridized carbons (Fsp3) is 0.409. The van der Waals surface area contributed by atoms with Gasteiger partial charge in [-0.25, -0.2) is 9.07 Å². The zero-order valence-corrected chi connectivity index (χ0v) is 17.0. The second-order valence-corrected chi connectivity index (χ2v) is 8.02. The van der Waals surface area contributed by atoms with Crippen LogP contribution in [0.2, 0.25) is 0 Å². The zero-order valence-electron chi connectivity index (χ0n) is 17.0. The standard InChI is InChI=1S/C22H27FN6/c1-17(2)21(22-24-25-26-29(22)16-18-6-4-3-5-7-18)28-14-12-27(13-15-28)20-10-8-19(23)9-11-20/h3-11,17,21H,12-16H2,1-2H3/p+1/t21-/m1/s1. The number of halogens is 1. The normalized spacial score (nSPS) is 16.3. The number of nitrogens with zero attached hydrogens (tertiary/aromatic N) is 5. The number of benzene rings is 2. The summed E-state index contributed by atoms with van der Waals surface area (Å²) >= 11 is 0. The lowest BCUT2D eigenvalue weighted by Crippen LogP contribution is -3.15. The summed E-state index contributed by atoms with van der Waals surface area (Å²) in [7, 11) is 0. The van der Waals surface area contributed by atoms with E-state index in [0.717, 1.165) is 37.7 Å². The first-order chi connectivity index (χ1) is 14.1. The first kappa shape index (κ1) is 19.5. The second kappa shape index (κ2) is 8.69. The summed E-state index contributed by atoms with van der Waals surface area (Å²) in [6.45, 7) is 9.03. The van der Waals surface area contributed by atoms with Crippen molar-refractivity contribution < 1.29 is 9.29 Å². The van der Waals surface area contributed by atoms with Gasteiger partial charge in [-0.2, -0.15) is 0 Å². The molecule has 4 rings (SSSR count). The Morgan fingerprint density at radius 1 is 1.00 bits per heavy atom. The monoisotopic (exact) mass is 395 g/mol. The lowest BCUT2D eigenvalue weighted by atomic mass is 10.0. The van der Waals surface area contributed by atoms with Crippen LogP contribution < -0.4 is 9.80 Å². The van der Waals surface area contributed by atoms with Crippen molar-refractivity contribution in [1.82, 2.24) is 20.2 Å². The Morgan fingerprint density at radius 3 is 2.34 bits per heavy atom. The molecule has 0 unspecified atom stereocenters. The Hall–Kier alpha value is -2.80. The molecule has 1 saturated heterocycles. The topological polar surface area (TPSA) is 51.3 Å². The van der Waals surface area contributed by atoms with E-state index in [4.69, 9.17) is 0 Å². The highest BCUT2D eigenvalue weighted by Crippen LogP contribution is 2.19. The van der Waals surface area contributed by atoms with E-state index in [1.807, 2.05) is 35.0 Å². The average molecular weight is 396 g/mol. The molecule has 0 radical (unpaired) electrons. The van der Waals surface area contributed by atoms with E-state index in [1.165, 1.54) is 22.6 Å². The third-order valence-electron chi connectivity index (χ3n) is 5.72. The molecule has 1 N–H and O–H groups in total. The maximum Gasteiger partial charge on any atom is 0.209 e. The highest BCUT2D eigenvalue weighted by Gasteiger charge is 2.35. The molecule has 0 aliphatic carbocycles. The molecule has 0 amide bonds. The number of hydrogen-bond acceptors (Lipinski definition) is 4. The maximum absolute atomic E-state index is 13.2. The van der Waals surface area contributed by atoms with Crippen LogP contribution in [0.3, 0.4) is 0 Å². The van der Waals surface area contributed by atoms with Crippen molar-refractivity contribution in [2.45, 2.75) is 26.4 Å². The van der Waals surface area contributed by atoms with E-state index in [-0.39, 0.29) is 11.9 Å². The Kier molecular flexibility index (Phi) is 5.85. The van der Waals surface area contributed by atoms with Gasteiger partial charge in [0.2, 0.25) is 5.82 Å². The van der Waals surface area contributed by atoms with Crippen LogP contribution in [0.4, 0.5) is 10.1 Å². The van der Waals surface area contributed by atoms with Gasteiger partial charge >= 0.3 is 0 Å². The highest BCUT2D eigenvalue weighted by molar-refractivity contribution is 5.46. The summed E-state index contributed by atoms with van der Waals surface area (Å²) in [5.74, 6) is 1.18. The molecule has 152 valence electrons. The predicted octanol–water partition coefficient (Wildman–Crippen LogP) is 1.96. The van der Waals surface area contributed by atoms with E-state index in [1.54, 1.807) is 0 Å². The predicted molar refractivity (Wildman–Crippen MR) is 110 cm³/mol. The number of nitrogens with one attached hydrogen (secondary N) is 1. The zero-order chi connectivity index (χ0) is 20.2. The molecule has 0 bridgehead atoms. The first-order valence-electron chi connectivity index (χ1n) is 10.3. The smallest absolute Gasteiger partial charge is 0.209 e. The highest BCUT2D eigenvalue weighted by atomic mass is 19.1. The molecule has 0 spiro atoms. The lowest BCUT2D eigenvalue weighted by Gasteiger charge is -2.38. The van der Waals surface area contributed by atoms with Crippen molar-refractivity contribution in [1.29, 1.82) is 0 Å². The molecule has 0 saturated carbocycles. The summed E-state index contributed by atoms with van der Waals surface area (Å²) in [5, 5.41) is 12.7. The molecular formula is C22H28FN6+. The summed E-state index contributed by atoms with van der Waals surface area (Å²) < 4.78 is 15.2. The van der Waals surface area contributed by atoms with Crippen LogP contribution in [0.15, 0.2) is 54.6 Å². The molecule has 2 aromatic carbocycles. The van der Waals surface area contributed by atoms with Gasteiger partial charge in [-0.15, -0.1) is 5.10 Å². The molecule has 1 atom stereocenters. The van der Waals surface area contributed by atoms with Crippen LogP contribution in [-0.4, -0.2) is 46.4 Å². The molecule has 6 nitrogen and oxygen atoms in total. The molecule has 3 aromatic rings. The van der Waals surface area contributed by atoms with E-state index >= 15 is 0 Å². The van der Waals surface area contributed by atoms with Crippen molar-refractivity contribution in [2.24, 2.45) is 5.92 Å². The van der Waals surface area contributed by atoms with E-state index in [2.05, 4.69) is 46.4 Å².